The number of ether oxygens (including phenoxy) is 1. The topological polar surface area (TPSA) is 54.5 Å². The highest BCUT2D eigenvalue weighted by Gasteiger charge is 2.11. The first-order chi connectivity index (χ1) is 13.3. The van der Waals surface area contributed by atoms with Gasteiger partial charge in [0.2, 0.25) is 0 Å². The van der Waals surface area contributed by atoms with Gasteiger partial charge in [-0.15, -0.1) is 0 Å². The summed E-state index contributed by atoms with van der Waals surface area (Å²) in [5.41, 5.74) is 4.43. The van der Waals surface area contributed by atoms with Gasteiger partial charge in [0.25, 0.3) is 5.91 Å². The summed E-state index contributed by atoms with van der Waals surface area (Å²) in [6, 6.07) is 21.2. The van der Waals surface area contributed by atoms with Crippen LogP contribution in [0.1, 0.15) is 10.4 Å². The fraction of sp³-hybridized carbons (Fsp3) is 0.182. The highest BCUT2D eigenvalue weighted by Crippen LogP contribution is 2.20. The second-order valence-corrected chi connectivity index (χ2v) is 6.39. The maximum Gasteiger partial charge on any atom is 0.255 e. The third-order valence-corrected chi connectivity index (χ3v) is 4.61. The Morgan fingerprint density at radius 1 is 0.926 bits per heavy atom. The van der Waals surface area contributed by atoms with Gasteiger partial charge in [-0.3, -0.25) is 9.78 Å². The molecule has 0 atom stereocenters. The number of benzene rings is 2. The molecule has 27 heavy (non-hydrogen) atoms. The van der Waals surface area contributed by atoms with Crippen LogP contribution >= 0.6 is 0 Å². The zero-order valence-electron chi connectivity index (χ0n) is 15.0. The standard InChI is InChI=1S/C22H21N3O2/c26-22(18-6-4-17(5-7-18)21-3-1-2-12-23-21)24-19-8-10-20(11-9-19)25-13-15-27-16-14-25/h1-12H,13-16H2,(H,24,26). The fourth-order valence-electron chi connectivity index (χ4n) is 3.11. The molecule has 0 radical (unpaired) electrons. The van der Waals surface area contributed by atoms with E-state index in [2.05, 4.69) is 15.2 Å². The molecule has 1 aliphatic heterocycles. The fourth-order valence-corrected chi connectivity index (χ4v) is 3.11. The smallest absolute Gasteiger partial charge is 0.255 e. The number of carbonyl (C=O) groups excluding carboxylic acids is 1. The molecule has 1 amide bonds. The van der Waals surface area contributed by atoms with Crippen LogP contribution < -0.4 is 10.2 Å². The monoisotopic (exact) mass is 359 g/mol. The predicted molar refractivity (Wildman–Crippen MR) is 107 cm³/mol. The van der Waals surface area contributed by atoms with Crippen molar-refractivity contribution in [3.8, 4) is 11.3 Å². The molecule has 0 unspecified atom stereocenters. The molecule has 2 aromatic carbocycles. The Hall–Kier alpha value is -3.18. The van der Waals surface area contributed by atoms with Crippen LogP contribution in [0.25, 0.3) is 11.3 Å². The molecule has 0 aliphatic carbocycles. The summed E-state index contributed by atoms with van der Waals surface area (Å²) >= 11 is 0. The molecular formula is C22H21N3O2. The first kappa shape index (κ1) is 17.2. The van der Waals surface area contributed by atoms with E-state index in [1.165, 1.54) is 0 Å². The van der Waals surface area contributed by atoms with Gasteiger partial charge in [-0.2, -0.15) is 0 Å². The van der Waals surface area contributed by atoms with E-state index >= 15 is 0 Å². The lowest BCUT2D eigenvalue weighted by Crippen LogP contribution is -2.36. The lowest BCUT2D eigenvalue weighted by Gasteiger charge is -2.28. The molecule has 4 rings (SSSR count). The Kier molecular flexibility index (Phi) is 5.12. The molecule has 1 fully saturated rings. The number of rotatable bonds is 4. The number of aromatic nitrogens is 1. The number of hydrogen-bond donors (Lipinski definition) is 1. The Morgan fingerprint density at radius 2 is 1.67 bits per heavy atom. The van der Waals surface area contributed by atoms with Gasteiger partial charge in [0, 0.05) is 41.8 Å². The number of nitrogens with zero attached hydrogens (tertiary/aromatic N) is 2. The molecule has 5 heteroatoms. The summed E-state index contributed by atoms with van der Waals surface area (Å²) in [7, 11) is 0. The van der Waals surface area contributed by atoms with Crippen LogP contribution in [0.15, 0.2) is 72.9 Å². The zero-order chi connectivity index (χ0) is 18.5. The van der Waals surface area contributed by atoms with E-state index in [1.807, 2.05) is 66.7 Å². The lowest BCUT2D eigenvalue weighted by atomic mass is 10.1. The molecule has 1 N–H and O–H groups in total. The molecule has 136 valence electrons. The first-order valence-corrected chi connectivity index (χ1v) is 9.05. The van der Waals surface area contributed by atoms with E-state index in [1.54, 1.807) is 6.20 Å². The predicted octanol–water partition coefficient (Wildman–Crippen LogP) is 3.84. The average Bonchev–Trinajstić information content (AvgIpc) is 2.76. The molecule has 1 aromatic heterocycles. The van der Waals surface area contributed by atoms with Gasteiger partial charge >= 0.3 is 0 Å². The van der Waals surface area contributed by atoms with E-state index in [0.29, 0.717) is 5.56 Å². The Labute approximate surface area is 158 Å². The van der Waals surface area contributed by atoms with E-state index in [0.717, 1.165) is 48.9 Å². The van der Waals surface area contributed by atoms with Crippen LogP contribution in [-0.4, -0.2) is 37.2 Å². The SMILES string of the molecule is O=C(Nc1ccc(N2CCOCC2)cc1)c1ccc(-c2ccccn2)cc1. The minimum Gasteiger partial charge on any atom is -0.378 e. The lowest BCUT2D eigenvalue weighted by molar-refractivity contribution is 0.102. The molecule has 2 heterocycles. The van der Waals surface area contributed by atoms with Crippen molar-refractivity contribution in [3.05, 3.63) is 78.5 Å². The van der Waals surface area contributed by atoms with E-state index < -0.39 is 0 Å². The highest BCUT2D eigenvalue weighted by molar-refractivity contribution is 6.04. The maximum atomic E-state index is 12.5. The van der Waals surface area contributed by atoms with E-state index in [-0.39, 0.29) is 5.91 Å². The van der Waals surface area contributed by atoms with Gasteiger partial charge in [0.15, 0.2) is 0 Å². The summed E-state index contributed by atoms with van der Waals surface area (Å²) in [5.74, 6) is -0.123. The Morgan fingerprint density at radius 3 is 2.33 bits per heavy atom. The molecular weight excluding hydrogens is 338 g/mol. The number of pyridine rings is 1. The van der Waals surface area contributed by atoms with Crippen LogP contribution in [0, 0.1) is 0 Å². The zero-order valence-corrected chi connectivity index (χ0v) is 15.0. The van der Waals surface area contributed by atoms with E-state index in [4.69, 9.17) is 4.74 Å². The second-order valence-electron chi connectivity index (χ2n) is 6.39. The van der Waals surface area contributed by atoms with Crippen molar-refractivity contribution in [2.45, 2.75) is 0 Å². The summed E-state index contributed by atoms with van der Waals surface area (Å²) in [6.45, 7) is 3.31. The molecule has 5 nitrogen and oxygen atoms in total. The second kappa shape index (κ2) is 8.01. The third-order valence-electron chi connectivity index (χ3n) is 4.61. The van der Waals surface area contributed by atoms with Crippen LogP contribution in [0.3, 0.4) is 0 Å². The van der Waals surface area contributed by atoms with Gasteiger partial charge < -0.3 is 15.0 Å². The maximum absolute atomic E-state index is 12.5. The van der Waals surface area contributed by atoms with Gasteiger partial charge in [-0.1, -0.05) is 18.2 Å². The Bertz CT molecular complexity index is 887. The van der Waals surface area contributed by atoms with E-state index in [9.17, 15) is 4.79 Å². The summed E-state index contributed by atoms with van der Waals surface area (Å²) in [4.78, 5) is 19.1. The molecule has 3 aromatic rings. The minimum absolute atomic E-state index is 0.123. The van der Waals surface area contributed by atoms with Crippen LogP contribution in [0.2, 0.25) is 0 Å². The quantitative estimate of drug-likeness (QED) is 0.769. The van der Waals surface area contributed by atoms with Crippen molar-refractivity contribution in [1.82, 2.24) is 4.98 Å². The number of carbonyl (C=O) groups is 1. The Balaban J connectivity index is 1.41. The van der Waals surface area contributed by atoms with Crippen molar-refractivity contribution in [2.75, 3.05) is 36.5 Å². The van der Waals surface area contributed by atoms with Crippen LogP contribution in [-0.2, 0) is 4.74 Å². The number of amides is 1. The number of morpholine rings is 1. The van der Waals surface area contributed by atoms with Crippen molar-refractivity contribution in [1.29, 1.82) is 0 Å². The highest BCUT2D eigenvalue weighted by atomic mass is 16.5. The van der Waals surface area contributed by atoms with Crippen molar-refractivity contribution >= 4 is 17.3 Å². The summed E-state index contributed by atoms with van der Waals surface area (Å²) < 4.78 is 5.38. The number of anilines is 2. The van der Waals surface area contributed by atoms with Gasteiger partial charge in [0.05, 0.1) is 18.9 Å². The van der Waals surface area contributed by atoms with Crippen molar-refractivity contribution in [3.63, 3.8) is 0 Å². The van der Waals surface area contributed by atoms with Crippen molar-refractivity contribution in [2.24, 2.45) is 0 Å². The largest absolute Gasteiger partial charge is 0.378 e. The van der Waals surface area contributed by atoms with Gasteiger partial charge in [-0.25, -0.2) is 0 Å². The first-order valence-electron chi connectivity index (χ1n) is 9.05. The third kappa shape index (κ3) is 4.15. The molecule has 1 aliphatic rings. The minimum atomic E-state index is -0.123. The summed E-state index contributed by atoms with van der Waals surface area (Å²) in [5, 5.41) is 2.95. The van der Waals surface area contributed by atoms with Gasteiger partial charge in [-0.05, 0) is 48.5 Å². The summed E-state index contributed by atoms with van der Waals surface area (Å²) in [6.07, 6.45) is 1.76. The van der Waals surface area contributed by atoms with Crippen LogP contribution in [0.4, 0.5) is 11.4 Å². The molecule has 0 saturated carbocycles. The normalized spacial score (nSPS) is 14.0. The number of hydrogen-bond acceptors (Lipinski definition) is 4. The molecule has 0 spiro atoms. The average molecular weight is 359 g/mol. The van der Waals surface area contributed by atoms with Gasteiger partial charge in [0.1, 0.15) is 0 Å². The van der Waals surface area contributed by atoms with Crippen LogP contribution in [0.5, 0.6) is 0 Å². The number of nitrogens with one attached hydrogen (secondary N) is 1. The molecule has 0 bridgehead atoms. The van der Waals surface area contributed by atoms with Crippen molar-refractivity contribution < 1.29 is 9.53 Å². The molecule has 1 saturated heterocycles.